The van der Waals surface area contributed by atoms with E-state index in [-0.39, 0.29) is 11.7 Å². The molecule has 1 aromatic carbocycles. The lowest BCUT2D eigenvalue weighted by Gasteiger charge is -2.20. The molecule has 0 spiro atoms. The molecule has 2 aromatic rings. The molecule has 1 amide bonds. The number of amides is 1. The van der Waals surface area contributed by atoms with Crippen molar-refractivity contribution in [1.82, 2.24) is 9.88 Å². The van der Waals surface area contributed by atoms with E-state index in [1.165, 1.54) is 28.4 Å². The highest BCUT2D eigenvalue weighted by Crippen LogP contribution is 2.30. The second-order valence-electron chi connectivity index (χ2n) is 5.44. The van der Waals surface area contributed by atoms with Crippen LogP contribution in [-0.4, -0.2) is 39.5 Å². The van der Waals surface area contributed by atoms with Crippen molar-refractivity contribution in [3.05, 3.63) is 40.7 Å². The summed E-state index contributed by atoms with van der Waals surface area (Å²) in [5.74, 6) is -1.60. The molecule has 0 aliphatic carbocycles. The Bertz CT molecular complexity index is 757. The number of hydrogen-bond donors (Lipinski definition) is 1. The Hall–Kier alpha value is -2.28. The highest BCUT2D eigenvalue weighted by atomic mass is 32.1. The van der Waals surface area contributed by atoms with Crippen LogP contribution in [-0.2, 0) is 4.79 Å². The SMILES string of the molecule is Cc1nc(-c2ccc(F)cc2)sc1C(=O)N1CCC[C@H]1C(=O)O. The summed E-state index contributed by atoms with van der Waals surface area (Å²) in [5, 5.41) is 9.84. The van der Waals surface area contributed by atoms with Crippen molar-refractivity contribution in [2.75, 3.05) is 6.54 Å². The first-order valence-electron chi connectivity index (χ1n) is 7.24. The number of halogens is 1. The molecule has 1 aliphatic heterocycles. The lowest BCUT2D eigenvalue weighted by atomic mass is 10.2. The first kappa shape index (κ1) is 15.6. The number of carboxylic acid groups (broad SMARTS) is 1. The molecule has 1 aliphatic rings. The van der Waals surface area contributed by atoms with Gasteiger partial charge in [0.05, 0.1) is 5.69 Å². The quantitative estimate of drug-likeness (QED) is 0.937. The van der Waals surface area contributed by atoms with Crippen molar-refractivity contribution < 1.29 is 19.1 Å². The number of nitrogens with zero attached hydrogens (tertiary/aromatic N) is 2. The Balaban J connectivity index is 1.90. The summed E-state index contributed by atoms with van der Waals surface area (Å²) in [4.78, 5) is 30.1. The zero-order valence-electron chi connectivity index (χ0n) is 12.5. The van der Waals surface area contributed by atoms with E-state index in [4.69, 9.17) is 0 Å². The van der Waals surface area contributed by atoms with Crippen LogP contribution in [0, 0.1) is 12.7 Å². The number of aryl methyl sites for hydroxylation is 1. The number of rotatable bonds is 3. The largest absolute Gasteiger partial charge is 0.480 e. The van der Waals surface area contributed by atoms with Crippen molar-refractivity contribution in [2.45, 2.75) is 25.8 Å². The standard InChI is InChI=1S/C16H15FN2O3S/c1-9-13(15(20)19-8-2-3-12(19)16(21)22)23-14(18-9)10-4-6-11(17)7-5-10/h4-7,12H,2-3,8H2,1H3,(H,21,22)/t12-/m0/s1. The number of carbonyl (C=O) groups excluding carboxylic acids is 1. The average Bonchev–Trinajstić information content (AvgIpc) is 3.14. The third-order valence-electron chi connectivity index (χ3n) is 3.88. The van der Waals surface area contributed by atoms with Gasteiger partial charge in [-0.3, -0.25) is 4.79 Å². The predicted molar refractivity (Wildman–Crippen MR) is 83.9 cm³/mol. The van der Waals surface area contributed by atoms with E-state index in [0.717, 1.165) is 5.56 Å². The number of likely N-dealkylation sites (tertiary alicyclic amines) is 1. The first-order chi connectivity index (χ1) is 11.0. The Kier molecular flexibility index (Phi) is 4.12. The number of carboxylic acids is 1. The summed E-state index contributed by atoms with van der Waals surface area (Å²) in [5.41, 5.74) is 1.30. The fraction of sp³-hybridized carbons (Fsp3) is 0.312. The van der Waals surface area contributed by atoms with Crippen LogP contribution in [0.1, 0.15) is 28.2 Å². The lowest BCUT2D eigenvalue weighted by Crippen LogP contribution is -2.40. The molecule has 1 saturated heterocycles. The van der Waals surface area contributed by atoms with Crippen molar-refractivity contribution in [3.8, 4) is 10.6 Å². The molecule has 5 nitrogen and oxygen atoms in total. The molecule has 23 heavy (non-hydrogen) atoms. The molecule has 3 rings (SSSR count). The van der Waals surface area contributed by atoms with Crippen LogP contribution in [0.3, 0.4) is 0 Å². The monoisotopic (exact) mass is 334 g/mol. The van der Waals surface area contributed by atoms with E-state index in [2.05, 4.69) is 4.98 Å². The van der Waals surface area contributed by atoms with Gasteiger partial charge in [0, 0.05) is 12.1 Å². The van der Waals surface area contributed by atoms with E-state index >= 15 is 0 Å². The fourth-order valence-corrected chi connectivity index (χ4v) is 3.74. The summed E-state index contributed by atoms with van der Waals surface area (Å²) >= 11 is 1.21. The molecule has 120 valence electrons. The van der Waals surface area contributed by atoms with Crippen LogP contribution in [0.25, 0.3) is 10.6 Å². The molecule has 0 radical (unpaired) electrons. The normalized spacial score (nSPS) is 17.5. The van der Waals surface area contributed by atoms with E-state index < -0.39 is 12.0 Å². The molecule has 1 aromatic heterocycles. The predicted octanol–water partition coefficient (Wildman–Crippen LogP) is 2.95. The Labute approximate surface area is 136 Å². The molecule has 0 unspecified atom stereocenters. The van der Waals surface area contributed by atoms with Crippen LogP contribution in [0.15, 0.2) is 24.3 Å². The van der Waals surface area contributed by atoms with E-state index in [0.29, 0.717) is 35.0 Å². The Morgan fingerprint density at radius 3 is 2.70 bits per heavy atom. The Morgan fingerprint density at radius 1 is 1.35 bits per heavy atom. The number of benzene rings is 1. The minimum Gasteiger partial charge on any atom is -0.480 e. The third kappa shape index (κ3) is 2.96. The van der Waals surface area contributed by atoms with E-state index in [1.807, 2.05) is 0 Å². The molecule has 1 N–H and O–H groups in total. The van der Waals surface area contributed by atoms with Gasteiger partial charge in [-0.1, -0.05) is 0 Å². The maximum atomic E-state index is 13.0. The van der Waals surface area contributed by atoms with Crippen LogP contribution >= 0.6 is 11.3 Å². The van der Waals surface area contributed by atoms with Gasteiger partial charge in [-0.25, -0.2) is 14.2 Å². The first-order valence-corrected chi connectivity index (χ1v) is 8.06. The summed E-state index contributed by atoms with van der Waals surface area (Å²) in [6, 6.07) is 5.14. The van der Waals surface area contributed by atoms with Gasteiger partial charge in [0.2, 0.25) is 0 Å². The summed E-state index contributed by atoms with van der Waals surface area (Å²) in [6.45, 7) is 2.17. The van der Waals surface area contributed by atoms with Crippen LogP contribution in [0.4, 0.5) is 4.39 Å². The van der Waals surface area contributed by atoms with Gasteiger partial charge in [0.1, 0.15) is 21.7 Å². The average molecular weight is 334 g/mol. The zero-order valence-corrected chi connectivity index (χ0v) is 13.3. The zero-order chi connectivity index (χ0) is 16.6. The number of hydrogen-bond acceptors (Lipinski definition) is 4. The lowest BCUT2D eigenvalue weighted by molar-refractivity contribution is -0.141. The van der Waals surface area contributed by atoms with Crippen LogP contribution in [0.5, 0.6) is 0 Å². The molecule has 0 bridgehead atoms. The molecule has 7 heteroatoms. The minimum absolute atomic E-state index is 0.293. The smallest absolute Gasteiger partial charge is 0.326 e. The summed E-state index contributed by atoms with van der Waals surface area (Å²) in [6.07, 6.45) is 1.16. The maximum absolute atomic E-state index is 13.0. The number of aromatic nitrogens is 1. The van der Waals surface area contributed by atoms with Crippen molar-refractivity contribution in [3.63, 3.8) is 0 Å². The molecule has 1 fully saturated rings. The molecule has 0 saturated carbocycles. The topological polar surface area (TPSA) is 70.5 Å². The summed E-state index contributed by atoms with van der Waals surface area (Å²) in [7, 11) is 0. The molecular weight excluding hydrogens is 319 g/mol. The minimum atomic E-state index is -0.975. The summed E-state index contributed by atoms with van der Waals surface area (Å²) < 4.78 is 13.0. The van der Waals surface area contributed by atoms with Gasteiger partial charge in [0.15, 0.2) is 0 Å². The van der Waals surface area contributed by atoms with Crippen LogP contribution in [0.2, 0.25) is 0 Å². The molecule has 1 atom stereocenters. The van der Waals surface area contributed by atoms with Crippen molar-refractivity contribution in [2.24, 2.45) is 0 Å². The van der Waals surface area contributed by atoms with E-state index in [9.17, 15) is 19.1 Å². The van der Waals surface area contributed by atoms with Crippen LogP contribution < -0.4 is 0 Å². The second kappa shape index (κ2) is 6.08. The Morgan fingerprint density at radius 2 is 2.04 bits per heavy atom. The van der Waals surface area contributed by atoms with Gasteiger partial charge >= 0.3 is 5.97 Å². The van der Waals surface area contributed by atoms with Crippen molar-refractivity contribution in [1.29, 1.82) is 0 Å². The van der Waals surface area contributed by atoms with E-state index in [1.54, 1.807) is 19.1 Å². The van der Waals surface area contributed by atoms with Crippen molar-refractivity contribution >= 4 is 23.2 Å². The maximum Gasteiger partial charge on any atom is 0.326 e. The van der Waals surface area contributed by atoms with Gasteiger partial charge in [-0.2, -0.15) is 0 Å². The van der Waals surface area contributed by atoms with Gasteiger partial charge in [-0.05, 0) is 44.0 Å². The highest BCUT2D eigenvalue weighted by molar-refractivity contribution is 7.17. The van der Waals surface area contributed by atoms with Gasteiger partial charge < -0.3 is 10.0 Å². The third-order valence-corrected chi connectivity index (χ3v) is 5.08. The number of aliphatic carboxylic acids is 1. The second-order valence-corrected chi connectivity index (χ2v) is 6.43. The fourth-order valence-electron chi connectivity index (χ4n) is 2.71. The number of carbonyl (C=O) groups is 2. The highest BCUT2D eigenvalue weighted by Gasteiger charge is 2.35. The van der Waals surface area contributed by atoms with Gasteiger partial charge in [0.25, 0.3) is 5.91 Å². The molecule has 2 heterocycles. The molecular formula is C16H15FN2O3S. The number of thiazole rings is 1. The van der Waals surface area contributed by atoms with Gasteiger partial charge in [-0.15, -0.1) is 11.3 Å².